The second kappa shape index (κ2) is 4.17. The molecule has 1 aliphatic rings. The first-order valence-corrected chi connectivity index (χ1v) is 5.76. The van der Waals surface area contributed by atoms with Crippen molar-refractivity contribution in [3.05, 3.63) is 53.1 Å². The molecule has 0 unspecified atom stereocenters. The average molecular weight is 264 g/mol. The third-order valence-corrected chi connectivity index (χ3v) is 3.11. The van der Waals surface area contributed by atoms with E-state index in [0.717, 1.165) is 0 Å². The molecule has 2 N–H and O–H groups in total. The van der Waals surface area contributed by atoms with E-state index in [1.54, 1.807) is 24.3 Å². The number of benzene rings is 1. The van der Waals surface area contributed by atoms with Crippen LogP contribution in [-0.2, 0) is 0 Å². The molecule has 6 nitrogen and oxygen atoms in total. The number of rotatable bonds is 2. The molecule has 0 saturated carbocycles. The Kier molecular flexibility index (Phi) is 2.48. The van der Waals surface area contributed by atoms with Gasteiger partial charge in [0.25, 0.3) is 5.91 Å². The summed E-state index contributed by atoms with van der Waals surface area (Å²) >= 11 is 0. The Morgan fingerprint density at radius 3 is 2.90 bits per heavy atom. The van der Waals surface area contributed by atoms with Crippen LogP contribution in [0.25, 0.3) is 11.8 Å². The van der Waals surface area contributed by atoms with Gasteiger partial charge in [-0.2, -0.15) is 5.26 Å². The van der Waals surface area contributed by atoms with Crippen molar-refractivity contribution in [2.45, 2.75) is 0 Å². The normalized spacial score (nSPS) is 12.8. The zero-order valence-corrected chi connectivity index (χ0v) is 10.2. The molecule has 0 radical (unpaired) electrons. The van der Waals surface area contributed by atoms with E-state index in [1.807, 2.05) is 6.07 Å². The van der Waals surface area contributed by atoms with Crippen LogP contribution in [0.3, 0.4) is 0 Å². The van der Waals surface area contributed by atoms with Crippen LogP contribution in [0, 0.1) is 11.3 Å². The number of amides is 1. The number of aromatic nitrogens is 2. The fraction of sp³-hybridized carbons (Fsp3) is 0. The Morgan fingerprint density at radius 2 is 2.20 bits per heavy atom. The molecule has 96 valence electrons. The Labute approximate surface area is 113 Å². The molecule has 0 atom stereocenters. The molecular weight excluding hydrogens is 256 g/mol. The zero-order chi connectivity index (χ0) is 14.3. The van der Waals surface area contributed by atoms with E-state index in [4.69, 9.17) is 11.0 Å². The van der Waals surface area contributed by atoms with Gasteiger partial charge in [0.15, 0.2) is 0 Å². The van der Waals surface area contributed by atoms with E-state index in [2.05, 4.69) is 4.98 Å². The van der Waals surface area contributed by atoms with Crippen molar-refractivity contribution in [3.8, 4) is 6.07 Å². The van der Waals surface area contributed by atoms with Crippen LogP contribution >= 0.6 is 0 Å². The van der Waals surface area contributed by atoms with E-state index in [9.17, 15) is 9.59 Å². The van der Waals surface area contributed by atoms with Crippen LogP contribution in [0.5, 0.6) is 0 Å². The van der Waals surface area contributed by atoms with Crippen LogP contribution in [0.1, 0.15) is 32.1 Å². The predicted octanol–water partition coefficient (Wildman–Crippen LogP) is 1.05. The Hall–Kier alpha value is -3.20. The number of imidazole rings is 1. The molecule has 2 aromatic rings. The average Bonchev–Trinajstić information content (AvgIpc) is 3.03. The van der Waals surface area contributed by atoms with Crippen molar-refractivity contribution in [1.82, 2.24) is 9.55 Å². The number of carbonyl (C=O) groups is 2. The number of hydrogen-bond donors (Lipinski definition) is 1. The van der Waals surface area contributed by atoms with Gasteiger partial charge >= 0.3 is 0 Å². The maximum atomic E-state index is 12.4. The standard InChI is InChI=1S/C14H8N4O2/c15-7-8-2-1-3-9-10(8)6-11(12(9)19)18-5-4-17-14(18)13(16)20/h1-6H,(H2,16,20). The van der Waals surface area contributed by atoms with Gasteiger partial charge in [-0.1, -0.05) is 12.1 Å². The van der Waals surface area contributed by atoms with E-state index >= 15 is 0 Å². The number of nitrogens with two attached hydrogens (primary N) is 1. The van der Waals surface area contributed by atoms with Gasteiger partial charge in [0.2, 0.25) is 11.6 Å². The van der Waals surface area contributed by atoms with Crippen molar-refractivity contribution in [2.24, 2.45) is 5.73 Å². The lowest BCUT2D eigenvalue weighted by Crippen LogP contribution is -2.19. The molecule has 1 heterocycles. The Balaban J connectivity index is 2.19. The monoisotopic (exact) mass is 264 g/mol. The smallest absolute Gasteiger partial charge is 0.285 e. The summed E-state index contributed by atoms with van der Waals surface area (Å²) < 4.78 is 1.34. The summed E-state index contributed by atoms with van der Waals surface area (Å²) in [5.41, 5.74) is 6.88. The number of allylic oxidation sites excluding steroid dienone is 1. The maximum absolute atomic E-state index is 12.4. The molecule has 1 aromatic heterocycles. The summed E-state index contributed by atoms with van der Waals surface area (Å²) in [6, 6.07) is 6.96. The molecule has 0 bridgehead atoms. The second-order valence-electron chi connectivity index (χ2n) is 4.22. The van der Waals surface area contributed by atoms with E-state index < -0.39 is 5.91 Å². The summed E-state index contributed by atoms with van der Waals surface area (Å²) in [6.07, 6.45) is 4.45. The lowest BCUT2D eigenvalue weighted by molar-refractivity contribution is 0.0989. The van der Waals surface area contributed by atoms with Gasteiger partial charge in [-0.25, -0.2) is 4.98 Å². The van der Waals surface area contributed by atoms with Crippen molar-refractivity contribution >= 4 is 23.5 Å². The molecule has 1 aliphatic carbocycles. The first-order chi connectivity index (χ1) is 9.63. The molecule has 1 amide bonds. The minimum Gasteiger partial charge on any atom is -0.363 e. The van der Waals surface area contributed by atoms with E-state index in [1.165, 1.54) is 17.0 Å². The zero-order valence-electron chi connectivity index (χ0n) is 10.2. The topological polar surface area (TPSA) is 102 Å². The van der Waals surface area contributed by atoms with Gasteiger partial charge in [-0.15, -0.1) is 0 Å². The number of nitrogens with zero attached hydrogens (tertiary/aromatic N) is 3. The number of ketones is 1. The van der Waals surface area contributed by atoms with E-state index in [0.29, 0.717) is 16.7 Å². The number of hydrogen-bond acceptors (Lipinski definition) is 4. The van der Waals surface area contributed by atoms with Crippen molar-refractivity contribution in [3.63, 3.8) is 0 Å². The SMILES string of the molecule is N#Cc1cccc2c1C=C(n1ccnc1C(N)=O)C2=O. The highest BCUT2D eigenvalue weighted by atomic mass is 16.1. The molecule has 0 aliphatic heterocycles. The number of carbonyl (C=O) groups excluding carboxylic acids is 2. The van der Waals surface area contributed by atoms with E-state index in [-0.39, 0.29) is 17.3 Å². The third-order valence-electron chi connectivity index (χ3n) is 3.11. The van der Waals surface area contributed by atoms with Gasteiger partial charge in [0.05, 0.1) is 17.3 Å². The molecule has 1 aromatic carbocycles. The van der Waals surface area contributed by atoms with Crippen molar-refractivity contribution in [1.29, 1.82) is 5.26 Å². The van der Waals surface area contributed by atoms with Gasteiger partial charge < -0.3 is 5.73 Å². The second-order valence-corrected chi connectivity index (χ2v) is 4.22. The summed E-state index contributed by atoms with van der Waals surface area (Å²) in [7, 11) is 0. The Morgan fingerprint density at radius 1 is 1.40 bits per heavy atom. The molecular formula is C14H8N4O2. The first kappa shape index (κ1) is 11.9. The summed E-state index contributed by atoms with van der Waals surface area (Å²) in [4.78, 5) is 27.5. The number of primary amides is 1. The Bertz CT molecular complexity index is 824. The fourth-order valence-corrected chi connectivity index (χ4v) is 2.22. The highest BCUT2D eigenvalue weighted by molar-refractivity contribution is 6.34. The number of fused-ring (bicyclic) bond motifs is 1. The lowest BCUT2D eigenvalue weighted by atomic mass is 10.0. The highest BCUT2D eigenvalue weighted by Crippen LogP contribution is 2.30. The highest BCUT2D eigenvalue weighted by Gasteiger charge is 2.27. The largest absolute Gasteiger partial charge is 0.363 e. The minimum absolute atomic E-state index is 0.0177. The first-order valence-electron chi connectivity index (χ1n) is 5.76. The minimum atomic E-state index is -0.722. The van der Waals surface area contributed by atoms with Gasteiger partial charge in [-0.05, 0) is 12.1 Å². The molecule has 0 saturated heterocycles. The number of Topliss-reactive ketones (excluding diaryl/α,β-unsaturated/α-hetero) is 1. The fourth-order valence-electron chi connectivity index (χ4n) is 2.22. The van der Waals surface area contributed by atoms with Crippen LogP contribution in [-0.4, -0.2) is 21.2 Å². The summed E-state index contributed by atoms with van der Waals surface area (Å²) in [6.45, 7) is 0. The molecule has 6 heteroatoms. The van der Waals surface area contributed by atoms with Gasteiger partial charge in [-0.3, -0.25) is 14.2 Å². The van der Waals surface area contributed by atoms with Crippen LogP contribution in [0.4, 0.5) is 0 Å². The molecule has 0 spiro atoms. The maximum Gasteiger partial charge on any atom is 0.285 e. The molecule has 3 rings (SSSR count). The van der Waals surface area contributed by atoms with Crippen LogP contribution < -0.4 is 5.73 Å². The van der Waals surface area contributed by atoms with Crippen LogP contribution in [0.2, 0.25) is 0 Å². The van der Waals surface area contributed by atoms with Gasteiger partial charge in [0.1, 0.15) is 0 Å². The summed E-state index contributed by atoms with van der Waals surface area (Å²) in [5, 5.41) is 9.06. The third kappa shape index (κ3) is 1.54. The summed E-state index contributed by atoms with van der Waals surface area (Å²) in [5.74, 6) is -1.01. The van der Waals surface area contributed by atoms with Gasteiger partial charge in [0, 0.05) is 23.5 Å². The van der Waals surface area contributed by atoms with Crippen molar-refractivity contribution < 1.29 is 9.59 Å². The number of nitriles is 1. The quantitative estimate of drug-likeness (QED) is 0.875. The molecule has 20 heavy (non-hydrogen) atoms. The molecule has 0 fully saturated rings. The predicted molar refractivity (Wildman–Crippen MR) is 70.4 cm³/mol. The lowest BCUT2D eigenvalue weighted by Gasteiger charge is -2.04. The van der Waals surface area contributed by atoms with Crippen molar-refractivity contribution in [2.75, 3.05) is 0 Å². The van der Waals surface area contributed by atoms with Crippen LogP contribution in [0.15, 0.2) is 30.6 Å².